The first-order chi connectivity index (χ1) is 4.88. The van der Waals surface area contributed by atoms with Crippen LogP contribution in [0.15, 0.2) is 10.7 Å². The van der Waals surface area contributed by atoms with Crippen molar-refractivity contribution in [1.82, 2.24) is 0 Å². The second-order valence-electron chi connectivity index (χ2n) is 1.82. The fourth-order valence-corrected chi connectivity index (χ4v) is 0.692. The highest BCUT2D eigenvalue weighted by Gasteiger charge is 2.04. The van der Waals surface area contributed by atoms with Gasteiger partial charge < -0.3 is 13.9 Å². The lowest BCUT2D eigenvalue weighted by Gasteiger charge is -1.97. The molecule has 1 aromatic rings. The number of ether oxygens (including phenoxy) is 2. The van der Waals surface area contributed by atoms with Gasteiger partial charge in [0.15, 0.2) is 12.0 Å². The third-order valence-corrected chi connectivity index (χ3v) is 1.15. The summed E-state index contributed by atoms with van der Waals surface area (Å²) in [7, 11) is 3.19. The molecule has 0 aliphatic rings. The van der Waals surface area contributed by atoms with Crippen molar-refractivity contribution in [2.45, 2.75) is 6.61 Å². The molecule has 0 saturated heterocycles. The first-order valence-electron chi connectivity index (χ1n) is 2.89. The summed E-state index contributed by atoms with van der Waals surface area (Å²) in [6, 6.07) is 0. The second kappa shape index (κ2) is 3.27. The van der Waals surface area contributed by atoms with Crippen LogP contribution in [-0.2, 0) is 11.3 Å². The van der Waals surface area contributed by atoms with Gasteiger partial charge in [-0.15, -0.1) is 0 Å². The summed E-state index contributed by atoms with van der Waals surface area (Å²) < 4.78 is 14.5. The summed E-state index contributed by atoms with van der Waals surface area (Å²) in [5.74, 6) is 0.682. The minimum Gasteiger partial charge on any atom is -0.493 e. The van der Waals surface area contributed by atoms with Crippen LogP contribution in [0.1, 0.15) is 5.56 Å². The maximum atomic E-state index is 4.93. The third kappa shape index (κ3) is 1.30. The van der Waals surface area contributed by atoms with E-state index in [9.17, 15) is 0 Å². The quantitative estimate of drug-likeness (QED) is 0.634. The van der Waals surface area contributed by atoms with Crippen LogP contribution in [0.25, 0.3) is 0 Å². The average molecular weight is 141 g/mol. The van der Waals surface area contributed by atoms with E-state index in [1.54, 1.807) is 14.2 Å². The average Bonchev–Trinajstić information content (AvgIpc) is 2.36. The second-order valence-corrected chi connectivity index (χ2v) is 1.82. The summed E-state index contributed by atoms with van der Waals surface area (Å²) in [4.78, 5) is 0. The van der Waals surface area contributed by atoms with Gasteiger partial charge in [0.25, 0.3) is 0 Å². The molecule has 0 saturated carbocycles. The van der Waals surface area contributed by atoms with Crippen molar-refractivity contribution >= 4 is 0 Å². The number of hydrogen-bond donors (Lipinski definition) is 0. The zero-order valence-corrected chi connectivity index (χ0v) is 6.01. The van der Waals surface area contributed by atoms with Crippen molar-refractivity contribution < 1.29 is 13.9 Å². The molecule has 55 valence electrons. The van der Waals surface area contributed by atoms with Gasteiger partial charge in [0.1, 0.15) is 6.26 Å². The van der Waals surface area contributed by atoms with Crippen LogP contribution in [0.4, 0.5) is 0 Å². The molecule has 0 unspecified atom stereocenters. The summed E-state index contributed by atoms with van der Waals surface area (Å²) in [6.45, 7) is 0.472. The fraction of sp³-hybridized carbons (Fsp3) is 0.429. The molecule has 0 atom stereocenters. The molecule has 0 amide bonds. The van der Waals surface area contributed by atoms with E-state index in [-0.39, 0.29) is 0 Å². The Morgan fingerprint density at radius 1 is 1.60 bits per heavy atom. The van der Waals surface area contributed by atoms with E-state index in [0.29, 0.717) is 12.4 Å². The Labute approximate surface area is 59.5 Å². The van der Waals surface area contributed by atoms with E-state index in [4.69, 9.17) is 13.9 Å². The normalized spacial score (nSPS) is 9.80. The van der Waals surface area contributed by atoms with Crippen LogP contribution in [0.3, 0.4) is 0 Å². The molecule has 0 aromatic carbocycles. The molecule has 0 spiro atoms. The molecule has 0 bridgehead atoms. The Morgan fingerprint density at radius 3 is 3.00 bits per heavy atom. The maximum absolute atomic E-state index is 4.93. The molecule has 1 heterocycles. The summed E-state index contributed by atoms with van der Waals surface area (Å²) >= 11 is 0. The molecule has 1 radical (unpaired) electrons. The lowest BCUT2D eigenvalue weighted by Crippen LogP contribution is -1.88. The van der Waals surface area contributed by atoms with E-state index >= 15 is 0 Å². The molecule has 0 aliphatic heterocycles. The lowest BCUT2D eigenvalue weighted by molar-refractivity contribution is 0.181. The molecule has 0 aliphatic carbocycles. The molecule has 10 heavy (non-hydrogen) atoms. The van der Waals surface area contributed by atoms with Crippen molar-refractivity contribution in [3.8, 4) is 5.75 Å². The lowest BCUT2D eigenvalue weighted by atomic mass is 10.3. The van der Waals surface area contributed by atoms with Crippen molar-refractivity contribution in [2.24, 2.45) is 0 Å². The highest BCUT2D eigenvalue weighted by molar-refractivity contribution is 5.25. The minimum atomic E-state index is 0.472. The number of rotatable bonds is 3. The van der Waals surface area contributed by atoms with Crippen molar-refractivity contribution in [2.75, 3.05) is 14.2 Å². The van der Waals surface area contributed by atoms with Crippen LogP contribution in [0.2, 0.25) is 0 Å². The zero-order valence-electron chi connectivity index (χ0n) is 6.01. The van der Waals surface area contributed by atoms with Crippen LogP contribution in [0, 0.1) is 6.26 Å². The van der Waals surface area contributed by atoms with Gasteiger partial charge in [0.05, 0.1) is 19.3 Å². The predicted molar refractivity (Wildman–Crippen MR) is 34.8 cm³/mol. The first-order valence-corrected chi connectivity index (χ1v) is 2.89. The Kier molecular flexibility index (Phi) is 2.34. The van der Waals surface area contributed by atoms with Crippen molar-refractivity contribution in [3.63, 3.8) is 0 Å². The van der Waals surface area contributed by atoms with Crippen LogP contribution < -0.4 is 4.74 Å². The molecule has 1 rings (SSSR count). The van der Waals surface area contributed by atoms with Crippen LogP contribution in [0.5, 0.6) is 5.75 Å². The van der Waals surface area contributed by atoms with Crippen LogP contribution in [-0.4, -0.2) is 14.2 Å². The monoisotopic (exact) mass is 141 g/mol. The van der Waals surface area contributed by atoms with Gasteiger partial charge in [-0.25, -0.2) is 0 Å². The standard InChI is InChI=1S/C7H9O3/c1-8-3-6-4-10-5-7(6)9-2/h5H,3H2,1-2H3. The number of furan rings is 1. The highest BCUT2D eigenvalue weighted by Crippen LogP contribution is 2.18. The van der Waals surface area contributed by atoms with E-state index in [1.807, 2.05) is 0 Å². The van der Waals surface area contributed by atoms with E-state index in [1.165, 1.54) is 6.26 Å². The van der Waals surface area contributed by atoms with E-state index < -0.39 is 0 Å². The number of hydrogen-bond acceptors (Lipinski definition) is 3. The summed E-state index contributed by atoms with van der Waals surface area (Å²) in [6.07, 6.45) is 4.13. The van der Waals surface area contributed by atoms with Gasteiger partial charge >= 0.3 is 0 Å². The zero-order chi connectivity index (χ0) is 7.40. The first kappa shape index (κ1) is 7.15. The highest BCUT2D eigenvalue weighted by atomic mass is 16.5. The Bertz CT molecular complexity index is 192. The van der Waals surface area contributed by atoms with Crippen molar-refractivity contribution in [3.05, 3.63) is 18.1 Å². The topological polar surface area (TPSA) is 31.6 Å². The molecule has 3 heteroatoms. The van der Waals surface area contributed by atoms with Gasteiger partial charge in [-0.05, 0) is 0 Å². The van der Waals surface area contributed by atoms with Crippen LogP contribution >= 0.6 is 0 Å². The largest absolute Gasteiger partial charge is 0.493 e. The molecule has 0 N–H and O–H groups in total. The molecule has 0 fully saturated rings. The van der Waals surface area contributed by atoms with E-state index in [2.05, 4.69) is 6.26 Å². The predicted octanol–water partition coefficient (Wildman–Crippen LogP) is 1.23. The smallest absolute Gasteiger partial charge is 0.179 e. The van der Waals surface area contributed by atoms with Gasteiger partial charge in [0, 0.05) is 7.11 Å². The molecular weight excluding hydrogens is 132 g/mol. The number of methoxy groups -OCH3 is 2. The molecular formula is C7H9O3. The molecule has 1 aromatic heterocycles. The van der Waals surface area contributed by atoms with Gasteiger partial charge in [-0.2, -0.15) is 0 Å². The third-order valence-electron chi connectivity index (χ3n) is 1.15. The van der Waals surface area contributed by atoms with Gasteiger partial charge in [0.2, 0.25) is 0 Å². The minimum absolute atomic E-state index is 0.472. The van der Waals surface area contributed by atoms with Gasteiger partial charge in [-0.1, -0.05) is 0 Å². The summed E-state index contributed by atoms with van der Waals surface area (Å²) in [5, 5.41) is 0. The van der Waals surface area contributed by atoms with Crippen molar-refractivity contribution in [1.29, 1.82) is 0 Å². The Morgan fingerprint density at radius 2 is 2.40 bits per heavy atom. The maximum Gasteiger partial charge on any atom is 0.179 e. The Balaban J connectivity index is 2.70. The SMILES string of the molecule is COCc1[c]occ1OC. The van der Waals surface area contributed by atoms with Gasteiger partial charge in [-0.3, -0.25) is 0 Å². The Hall–Kier alpha value is -0.960. The fourth-order valence-electron chi connectivity index (χ4n) is 0.692. The molecule has 3 nitrogen and oxygen atoms in total. The summed E-state index contributed by atoms with van der Waals surface area (Å²) in [5.41, 5.74) is 0.810. The van der Waals surface area contributed by atoms with E-state index in [0.717, 1.165) is 5.56 Å².